The largest absolute Gasteiger partial charge is 0.220 e. The molecule has 676 valence electrons. The smallest absolute Gasteiger partial charge is 0.207 e. The van der Waals surface area contributed by atoms with Crippen molar-refractivity contribution in [2.45, 2.75) is 131 Å². The molecule has 5 nitrogen and oxygen atoms in total. The van der Waals surface area contributed by atoms with Gasteiger partial charge in [0.25, 0.3) is 0 Å². The first-order valence-electron chi connectivity index (χ1n) is 47.9. The Kier molecular flexibility index (Phi) is 28.2. The van der Waals surface area contributed by atoms with Gasteiger partial charge < -0.3 is 0 Å². The normalized spacial score (nSPS) is 11.2. The van der Waals surface area contributed by atoms with Crippen LogP contribution >= 0.6 is 0 Å². The topological polar surface area (TPSA) is 19.4 Å². The van der Waals surface area contributed by atoms with Gasteiger partial charge in [-0.15, -0.1) is 0 Å². The van der Waals surface area contributed by atoms with Crippen molar-refractivity contribution in [2.24, 2.45) is 41.2 Å². The molecule has 136 heavy (non-hydrogen) atoms. The van der Waals surface area contributed by atoms with Crippen LogP contribution in [0.25, 0.3) is 166 Å². The lowest BCUT2D eigenvalue weighted by Crippen LogP contribution is -2.32. The number of aromatic nitrogens is 5. The number of fused-ring (bicyclic) bond motifs is 5. The van der Waals surface area contributed by atoms with E-state index < -0.39 is 0 Å². The van der Waals surface area contributed by atoms with E-state index in [1.54, 1.807) is 0 Å². The maximum atomic E-state index is 13.3. The number of aryl methyl sites for hydroxylation is 18. The predicted molar refractivity (Wildman–Crippen MR) is 574 cm³/mol. The van der Waals surface area contributed by atoms with Crippen LogP contribution < -0.4 is 22.8 Å². The van der Waals surface area contributed by atoms with Crippen molar-refractivity contribution in [3.05, 3.63) is 446 Å². The molecule has 0 fully saturated rings. The van der Waals surface area contributed by atoms with Gasteiger partial charge in [-0.25, -0.2) is 8.96 Å². The zero-order chi connectivity index (χ0) is 96.2. The average Bonchev–Trinajstić information content (AvgIpc) is 0.755. The SMILES string of the molecule is Cc1cc(C)c(C)c(-c2c3cc(-c4ccc(F)cc4)ccc3cc[n+]2C)c1.Cc1ccc(-c2cc(CC(C)C)c3ccc(-c4cc(C)cc(C)c4C)[n+](C)c3c2)cc1.Cc1ccc(-c2ccc3ccc(-c4cc(C)cc(C)c4C)[n+](C)c3c2)cc1.Cc1ccc(-c2ccc3ccc(-c4cc(C)ccc4C)[n+](C)c3c2)cc1.Cc1ccc(-c2ccc3ccc(-c4ccccc4C)[n+](C)c3c2)cc1. The molecule has 0 saturated heterocycles. The summed E-state index contributed by atoms with van der Waals surface area (Å²) in [5.41, 5.74) is 52.4. The third kappa shape index (κ3) is 20.6. The summed E-state index contributed by atoms with van der Waals surface area (Å²) < 4.78 is 24.8. The molecule has 0 aliphatic rings. The molecule has 20 aromatic rings. The highest BCUT2D eigenvalue weighted by atomic mass is 19.1. The molecule has 15 aromatic carbocycles. The highest BCUT2D eigenvalue weighted by molar-refractivity contribution is 5.97. The Balaban J connectivity index is 0.000000123. The highest BCUT2D eigenvalue weighted by Gasteiger charge is 2.26. The monoisotopic (exact) mass is 1780 g/mol. The van der Waals surface area contributed by atoms with Crippen molar-refractivity contribution in [2.75, 3.05) is 0 Å². The maximum Gasteiger partial charge on any atom is 0.220 e. The molecular formula is C130H129FN5+5. The minimum Gasteiger partial charge on any atom is -0.207 e. The van der Waals surface area contributed by atoms with Gasteiger partial charge in [0.15, 0.2) is 6.20 Å². The predicted octanol–water partition coefficient (Wildman–Crippen LogP) is 31.3. The molecule has 0 saturated carbocycles. The fourth-order valence-corrected chi connectivity index (χ4v) is 19.4. The molecule has 5 heterocycles. The van der Waals surface area contributed by atoms with Crippen molar-refractivity contribution < 1.29 is 27.2 Å². The van der Waals surface area contributed by atoms with Gasteiger partial charge in [0.1, 0.15) is 41.1 Å². The summed E-state index contributed by atoms with van der Waals surface area (Å²) in [6.07, 6.45) is 3.20. The van der Waals surface area contributed by atoms with E-state index in [-0.39, 0.29) is 5.82 Å². The van der Waals surface area contributed by atoms with Crippen LogP contribution in [-0.2, 0) is 41.7 Å². The molecular weight excluding hydrogens is 1650 g/mol. The first-order chi connectivity index (χ1) is 65.3. The highest BCUT2D eigenvalue weighted by Crippen LogP contribution is 2.38. The van der Waals surface area contributed by atoms with Gasteiger partial charge in [0.05, 0.1) is 10.9 Å². The van der Waals surface area contributed by atoms with Crippen molar-refractivity contribution in [3.63, 3.8) is 0 Å². The first kappa shape index (κ1) is 94.5. The summed E-state index contributed by atoms with van der Waals surface area (Å²) >= 11 is 0. The van der Waals surface area contributed by atoms with E-state index in [0.29, 0.717) is 5.92 Å². The van der Waals surface area contributed by atoms with Gasteiger partial charge in [-0.2, -0.15) is 18.3 Å². The van der Waals surface area contributed by atoms with Crippen molar-refractivity contribution in [3.8, 4) is 112 Å². The number of nitrogens with zero attached hydrogens (tertiary/aromatic N) is 5. The van der Waals surface area contributed by atoms with Crippen molar-refractivity contribution in [1.82, 2.24) is 0 Å². The van der Waals surface area contributed by atoms with Crippen LogP contribution in [0.2, 0.25) is 0 Å². The first-order valence-corrected chi connectivity index (χ1v) is 47.9. The number of hydrogen-bond acceptors (Lipinski definition) is 0. The molecule has 5 aromatic heterocycles. The van der Waals surface area contributed by atoms with Gasteiger partial charge in [-0.3, -0.25) is 0 Å². The van der Waals surface area contributed by atoms with Crippen molar-refractivity contribution >= 4 is 54.4 Å². The molecule has 20 rings (SSSR count). The van der Waals surface area contributed by atoms with Gasteiger partial charge in [0.2, 0.25) is 50.5 Å². The van der Waals surface area contributed by atoms with Gasteiger partial charge >= 0.3 is 0 Å². The summed E-state index contributed by atoms with van der Waals surface area (Å²) in [5.74, 6) is 0.403. The zero-order valence-corrected chi connectivity index (χ0v) is 83.8. The second kappa shape index (κ2) is 40.6. The summed E-state index contributed by atoms with van der Waals surface area (Å²) in [5, 5.41) is 7.55. The minimum atomic E-state index is -0.211. The molecule has 0 atom stereocenters. The van der Waals surface area contributed by atoms with Crippen LogP contribution in [0.1, 0.15) is 108 Å². The quantitative estimate of drug-likeness (QED) is 0.109. The van der Waals surface area contributed by atoms with Crippen LogP contribution in [-0.4, -0.2) is 0 Å². The standard InChI is InChI=1S/C30H34N.C26H26N.C25H23FN.C25H24N.C24H22N/c1-19(2)14-26-17-25(24-10-8-20(3)9-11-24)18-30-27(26)12-13-29(31(30)7)28-16-21(4)15-22(5)23(28)6;1-17-6-8-21(9-7-17)23-11-10-22-12-13-25(27(5)26(22)16-23)24-15-18(2)14-19(3)20(24)4;1-16-13-17(2)18(3)23(14-16)25-24-15-21(19-7-9-22(26)10-8-19)6-5-20(24)11-12-27(25)4;1-17-6-9-20(10-7-17)22-12-11-21-13-14-24(26(4)25(21)16-22)23-15-18(2)5-8-19(23)3;1-17-8-10-19(11-9-17)21-13-12-20-14-15-23(25(3)24(20)16-21)22-7-5-4-6-18(22)2/h8-13,15-19H,14H2,1-7H3;6-16H,1-5H3;5-15H,1-4H3;5-16H,1-4H3;4-16H,1-3H3/q5*+1. The summed E-state index contributed by atoms with van der Waals surface area (Å²) in [6, 6.07) is 122. The van der Waals surface area contributed by atoms with Gasteiger partial charge in [-0.1, -0.05) is 252 Å². The van der Waals surface area contributed by atoms with E-state index in [1.165, 1.54) is 262 Å². The number of benzene rings is 15. The second-order valence-electron chi connectivity index (χ2n) is 38.5. The van der Waals surface area contributed by atoms with Crippen LogP contribution in [0, 0.1) is 123 Å². The van der Waals surface area contributed by atoms with E-state index in [2.05, 4.69) is 504 Å². The van der Waals surface area contributed by atoms with Gasteiger partial charge in [0, 0.05) is 98.4 Å². The molecule has 0 radical (unpaired) electrons. The minimum absolute atomic E-state index is 0.211. The Morgan fingerprint density at radius 3 is 0.985 bits per heavy atom. The molecule has 0 aliphatic heterocycles. The van der Waals surface area contributed by atoms with Crippen LogP contribution in [0.3, 0.4) is 0 Å². The lowest BCUT2D eigenvalue weighted by molar-refractivity contribution is -0.659. The number of halogens is 1. The third-order valence-electron chi connectivity index (χ3n) is 27.7. The Morgan fingerprint density at radius 2 is 0.551 bits per heavy atom. The fraction of sp³-hybridized carbons (Fsp3) is 0.192. The molecule has 0 aliphatic carbocycles. The van der Waals surface area contributed by atoms with E-state index >= 15 is 0 Å². The third-order valence-corrected chi connectivity index (χ3v) is 27.7. The number of pyridine rings is 5. The van der Waals surface area contributed by atoms with Crippen LogP contribution in [0.5, 0.6) is 0 Å². The molecule has 0 unspecified atom stereocenters. The summed E-state index contributed by atoms with van der Waals surface area (Å²) in [4.78, 5) is 0. The average molecular weight is 1780 g/mol. The Bertz CT molecular complexity index is 7910. The van der Waals surface area contributed by atoms with Gasteiger partial charge in [-0.05, 0) is 325 Å². The Hall–Kier alpha value is -14.7. The second-order valence-corrected chi connectivity index (χ2v) is 38.5. The van der Waals surface area contributed by atoms with E-state index in [4.69, 9.17) is 0 Å². The van der Waals surface area contributed by atoms with E-state index in [9.17, 15) is 4.39 Å². The summed E-state index contributed by atoms with van der Waals surface area (Å²) in [7, 11) is 10.8. The summed E-state index contributed by atoms with van der Waals surface area (Å²) in [6.45, 7) is 39.4. The zero-order valence-electron chi connectivity index (χ0n) is 83.8. The molecule has 6 heteroatoms. The van der Waals surface area contributed by atoms with Crippen LogP contribution in [0.15, 0.2) is 346 Å². The maximum absolute atomic E-state index is 13.3. The van der Waals surface area contributed by atoms with Crippen LogP contribution in [0.4, 0.5) is 4.39 Å². The Labute approximate surface area is 806 Å². The molecule has 0 spiro atoms. The van der Waals surface area contributed by atoms with E-state index in [0.717, 1.165) is 17.5 Å². The van der Waals surface area contributed by atoms with Crippen molar-refractivity contribution in [1.29, 1.82) is 0 Å². The lowest BCUT2D eigenvalue weighted by atomic mass is 9.92. The number of rotatable bonds is 12. The number of hydrogen-bond donors (Lipinski definition) is 0. The molecule has 0 amide bonds. The molecule has 0 bridgehead atoms. The van der Waals surface area contributed by atoms with E-state index in [1.807, 2.05) is 12.1 Å². The lowest BCUT2D eigenvalue weighted by Gasteiger charge is -2.14. The fourth-order valence-electron chi connectivity index (χ4n) is 19.4. The molecule has 0 N–H and O–H groups in total. The Morgan fingerprint density at radius 1 is 0.228 bits per heavy atom.